The fraction of sp³-hybridized carbons (Fsp3) is 0.778. The van der Waals surface area contributed by atoms with Crippen LogP contribution in [0.2, 0.25) is 0 Å². The van der Waals surface area contributed by atoms with Crippen molar-refractivity contribution in [1.29, 1.82) is 0 Å². The third-order valence-electron chi connectivity index (χ3n) is 5.16. The van der Waals surface area contributed by atoms with Gasteiger partial charge in [-0.15, -0.1) is 0 Å². The van der Waals surface area contributed by atoms with Crippen LogP contribution in [-0.2, 0) is 42.9 Å². The highest BCUT2D eigenvalue weighted by Crippen LogP contribution is 2.34. The lowest BCUT2D eigenvalue weighted by molar-refractivity contribution is -0.225. The zero-order valence-electron chi connectivity index (χ0n) is 23.9. The normalized spacial score (nSPS) is 23.3. The summed E-state index contributed by atoms with van der Waals surface area (Å²) in [5, 5.41) is 0. The predicted molar refractivity (Wildman–Crippen MR) is 132 cm³/mol. The Balaban J connectivity index is 3.51. The third kappa shape index (κ3) is 8.52. The molecule has 0 unspecified atom stereocenters. The highest BCUT2D eigenvalue weighted by Gasteiger charge is 2.52. The van der Waals surface area contributed by atoms with Crippen LogP contribution in [0.5, 0.6) is 0 Å². The van der Waals surface area contributed by atoms with Crippen molar-refractivity contribution in [1.82, 2.24) is 0 Å². The van der Waals surface area contributed by atoms with Crippen LogP contribution >= 0.6 is 0 Å². The van der Waals surface area contributed by atoms with Crippen LogP contribution in [0.3, 0.4) is 0 Å². The topological polar surface area (TPSA) is 114 Å². The molecule has 0 radical (unpaired) electrons. The molecule has 1 rings (SSSR count). The molecule has 36 heavy (non-hydrogen) atoms. The number of hydrogen-bond acceptors (Lipinski definition) is 9. The van der Waals surface area contributed by atoms with Gasteiger partial charge in [-0.3, -0.25) is 19.2 Å². The molecule has 4 atom stereocenters. The molecule has 9 nitrogen and oxygen atoms in total. The van der Waals surface area contributed by atoms with Crippen LogP contribution in [-0.4, -0.2) is 54.9 Å². The van der Waals surface area contributed by atoms with Crippen LogP contribution in [0.25, 0.3) is 0 Å². The molecule has 0 N–H and O–H groups in total. The summed E-state index contributed by atoms with van der Waals surface area (Å²) in [6.45, 7) is 23.7. The largest absolute Gasteiger partial charge is 0.484 e. The number of esters is 4. The van der Waals surface area contributed by atoms with E-state index in [1.54, 1.807) is 83.1 Å². The van der Waals surface area contributed by atoms with E-state index in [-0.39, 0.29) is 12.4 Å². The molecule has 0 spiro atoms. The Morgan fingerprint density at radius 3 is 1.39 bits per heavy atom. The van der Waals surface area contributed by atoms with Gasteiger partial charge in [0.2, 0.25) is 0 Å². The number of rotatable bonds is 5. The van der Waals surface area contributed by atoms with Gasteiger partial charge in [-0.25, -0.2) is 0 Å². The van der Waals surface area contributed by atoms with Crippen LogP contribution < -0.4 is 0 Å². The molecule has 9 heteroatoms. The lowest BCUT2D eigenvalue weighted by Gasteiger charge is -2.43. The standard InChI is InChI=1S/C27H44O9/c1-15-17(34-21(29)25(5,6)7)19(36-23(31)27(11,12)13)18(35-22(30)26(8,9)10)16(33-15)14-32-20(28)24(2,3)4/h16-19H,1,14H2,2-13H3/t16-,17+,18+,19-/m1/s1. The minimum atomic E-state index is -1.28. The van der Waals surface area contributed by atoms with Gasteiger partial charge in [0.15, 0.2) is 24.4 Å². The highest BCUT2D eigenvalue weighted by atomic mass is 16.7. The lowest BCUT2D eigenvalue weighted by Crippen LogP contribution is -2.59. The number of carbonyl (C=O) groups excluding carboxylic acids is 4. The minimum absolute atomic E-state index is 0.0147. The number of ether oxygens (including phenoxy) is 5. The second-order valence-electron chi connectivity index (χ2n) is 13.3. The molecule has 0 aromatic rings. The van der Waals surface area contributed by atoms with Crippen molar-refractivity contribution >= 4 is 23.9 Å². The fourth-order valence-electron chi connectivity index (χ4n) is 2.70. The first-order chi connectivity index (χ1) is 16.0. The van der Waals surface area contributed by atoms with E-state index in [4.69, 9.17) is 23.7 Å². The van der Waals surface area contributed by atoms with Crippen LogP contribution in [0, 0.1) is 21.7 Å². The van der Waals surface area contributed by atoms with Gasteiger partial charge >= 0.3 is 23.9 Å². The Morgan fingerprint density at radius 1 is 0.639 bits per heavy atom. The van der Waals surface area contributed by atoms with Crippen molar-refractivity contribution < 1.29 is 42.9 Å². The molecule has 0 saturated carbocycles. The second-order valence-corrected chi connectivity index (χ2v) is 13.3. The van der Waals surface area contributed by atoms with Gasteiger partial charge in [0.25, 0.3) is 0 Å². The Hall–Kier alpha value is -2.58. The van der Waals surface area contributed by atoms with Crippen LogP contribution in [0.1, 0.15) is 83.1 Å². The Kier molecular flexibility index (Phi) is 9.44. The Labute approximate surface area is 215 Å². The molecule has 1 saturated heterocycles. The molecule has 0 amide bonds. The molecule has 206 valence electrons. The average molecular weight is 513 g/mol. The summed E-state index contributed by atoms with van der Waals surface area (Å²) in [6, 6.07) is 0. The summed E-state index contributed by atoms with van der Waals surface area (Å²) in [4.78, 5) is 51.0. The van der Waals surface area contributed by atoms with Gasteiger partial charge in [0, 0.05) is 0 Å². The van der Waals surface area contributed by atoms with Gasteiger partial charge in [-0.05, 0) is 83.1 Å². The first-order valence-corrected chi connectivity index (χ1v) is 12.1. The van der Waals surface area contributed by atoms with Gasteiger partial charge in [0.05, 0.1) is 21.7 Å². The molecule has 1 heterocycles. The van der Waals surface area contributed by atoms with Crippen LogP contribution in [0.4, 0.5) is 0 Å². The quantitative estimate of drug-likeness (QED) is 0.391. The van der Waals surface area contributed by atoms with Gasteiger partial charge in [-0.1, -0.05) is 6.58 Å². The SMILES string of the molecule is C=C1O[C@H](COC(=O)C(C)(C)C)[C@H](OC(=O)C(C)(C)C)[C@H](OC(=O)C(C)(C)C)[C@H]1OC(=O)C(C)(C)C. The van der Waals surface area contributed by atoms with E-state index < -0.39 is 70.0 Å². The molecule has 1 aliphatic heterocycles. The monoisotopic (exact) mass is 512 g/mol. The molecule has 0 aromatic heterocycles. The maximum Gasteiger partial charge on any atom is 0.312 e. The zero-order valence-corrected chi connectivity index (χ0v) is 23.9. The van der Waals surface area contributed by atoms with E-state index in [0.717, 1.165) is 0 Å². The van der Waals surface area contributed by atoms with Crippen molar-refractivity contribution in [3.63, 3.8) is 0 Å². The molecular formula is C27H44O9. The summed E-state index contributed by atoms with van der Waals surface area (Å²) in [6.07, 6.45) is -4.85. The summed E-state index contributed by atoms with van der Waals surface area (Å²) >= 11 is 0. The minimum Gasteiger partial charge on any atom is -0.484 e. The van der Waals surface area contributed by atoms with Gasteiger partial charge in [-0.2, -0.15) is 0 Å². The first kappa shape index (κ1) is 31.4. The van der Waals surface area contributed by atoms with E-state index in [2.05, 4.69) is 6.58 Å². The molecular weight excluding hydrogens is 468 g/mol. The summed E-state index contributed by atoms with van der Waals surface area (Å²) in [5.41, 5.74) is -3.48. The average Bonchev–Trinajstić information content (AvgIpc) is 2.67. The molecule has 1 aliphatic rings. The lowest BCUT2D eigenvalue weighted by atomic mass is 9.92. The molecule has 0 bridgehead atoms. The predicted octanol–water partition coefficient (Wildman–Crippen LogP) is 4.36. The number of hydrogen-bond donors (Lipinski definition) is 0. The van der Waals surface area contributed by atoms with E-state index >= 15 is 0 Å². The number of carbonyl (C=O) groups is 4. The van der Waals surface area contributed by atoms with E-state index in [9.17, 15) is 19.2 Å². The maximum absolute atomic E-state index is 12.9. The van der Waals surface area contributed by atoms with Gasteiger partial charge in [0.1, 0.15) is 12.4 Å². The Bertz CT molecular complexity index is 860. The molecule has 1 fully saturated rings. The van der Waals surface area contributed by atoms with E-state index in [0.29, 0.717) is 0 Å². The maximum atomic E-state index is 12.9. The zero-order chi connectivity index (χ0) is 28.4. The van der Waals surface area contributed by atoms with Crippen molar-refractivity contribution in [2.24, 2.45) is 21.7 Å². The summed E-state index contributed by atoms with van der Waals surface area (Å²) < 4.78 is 28.6. The van der Waals surface area contributed by atoms with E-state index in [1.165, 1.54) is 0 Å². The van der Waals surface area contributed by atoms with E-state index in [1.807, 2.05) is 0 Å². The summed E-state index contributed by atoms with van der Waals surface area (Å²) in [7, 11) is 0. The Morgan fingerprint density at radius 2 is 1.00 bits per heavy atom. The fourth-order valence-corrected chi connectivity index (χ4v) is 2.70. The second kappa shape index (κ2) is 10.8. The molecule has 0 aliphatic carbocycles. The van der Waals surface area contributed by atoms with Crippen LogP contribution in [0.15, 0.2) is 12.3 Å². The molecule has 0 aromatic carbocycles. The summed E-state index contributed by atoms with van der Waals surface area (Å²) in [5.74, 6) is -2.32. The third-order valence-corrected chi connectivity index (χ3v) is 5.16. The first-order valence-electron chi connectivity index (χ1n) is 12.1. The highest BCUT2D eigenvalue weighted by molar-refractivity contribution is 5.78. The van der Waals surface area contributed by atoms with Crippen molar-refractivity contribution in [3.8, 4) is 0 Å². The van der Waals surface area contributed by atoms with Gasteiger partial charge < -0.3 is 23.7 Å². The van der Waals surface area contributed by atoms with Crippen molar-refractivity contribution in [2.45, 2.75) is 108 Å². The van der Waals surface area contributed by atoms with Crippen molar-refractivity contribution in [2.75, 3.05) is 6.61 Å². The smallest absolute Gasteiger partial charge is 0.312 e. The van der Waals surface area contributed by atoms with Crippen molar-refractivity contribution in [3.05, 3.63) is 12.3 Å².